The molecule has 0 bridgehead atoms. The van der Waals surface area contributed by atoms with Crippen molar-refractivity contribution >= 4 is 39.0 Å². The van der Waals surface area contributed by atoms with E-state index in [1.807, 2.05) is 0 Å². The van der Waals surface area contributed by atoms with Crippen molar-refractivity contribution in [3.8, 4) is 5.88 Å². The van der Waals surface area contributed by atoms with E-state index in [-0.39, 0.29) is 24.9 Å². The lowest BCUT2D eigenvalue weighted by Gasteiger charge is -2.03. The third kappa shape index (κ3) is 4.17. The van der Waals surface area contributed by atoms with Crippen LogP contribution in [-0.4, -0.2) is 30.1 Å². The topological polar surface area (TPSA) is 78.6 Å². The van der Waals surface area contributed by atoms with Crippen LogP contribution in [0.3, 0.4) is 0 Å². The molecule has 2 aromatic rings. The molecular formula is C12H10BrNO5S. The number of ether oxygens (including phenoxy) is 2. The second-order valence-electron chi connectivity index (χ2n) is 3.75. The number of nitrogens with zero attached hydrogens (tertiary/aromatic N) is 1. The summed E-state index contributed by atoms with van der Waals surface area (Å²) < 4.78 is 15.5. The summed E-state index contributed by atoms with van der Waals surface area (Å²) >= 11 is 4.54. The molecule has 0 aliphatic carbocycles. The molecule has 0 radical (unpaired) electrons. The van der Waals surface area contributed by atoms with Crippen LogP contribution in [0.25, 0.3) is 0 Å². The number of aromatic nitrogens is 1. The van der Waals surface area contributed by atoms with Gasteiger partial charge in [-0.15, -0.1) is 11.3 Å². The number of Topliss-reactive ketones (excluding diaryl/α,β-unsaturated/α-hetero) is 1. The molecule has 2 rings (SSSR count). The van der Waals surface area contributed by atoms with Crippen molar-refractivity contribution in [2.24, 2.45) is 0 Å². The van der Waals surface area contributed by atoms with Gasteiger partial charge in [-0.05, 0) is 40.1 Å². The van der Waals surface area contributed by atoms with Crippen LogP contribution in [0.4, 0.5) is 0 Å². The second-order valence-corrected chi connectivity index (χ2v) is 6.22. The van der Waals surface area contributed by atoms with E-state index < -0.39 is 5.97 Å². The minimum atomic E-state index is -0.644. The Morgan fingerprint density at radius 3 is 2.80 bits per heavy atom. The maximum absolute atomic E-state index is 11.7. The first-order valence-corrected chi connectivity index (χ1v) is 7.16. The van der Waals surface area contributed by atoms with E-state index in [1.54, 1.807) is 25.1 Å². The molecule has 0 N–H and O–H groups in total. The normalized spacial score (nSPS) is 10.3. The van der Waals surface area contributed by atoms with Gasteiger partial charge in [-0.3, -0.25) is 4.79 Å². The first-order valence-electron chi connectivity index (χ1n) is 5.55. The van der Waals surface area contributed by atoms with Crippen molar-refractivity contribution in [3.63, 3.8) is 0 Å². The largest absolute Gasteiger partial charge is 0.463 e. The SMILES string of the molecule is Cc1cc(OCC(=O)OCC(=O)c2ccc(Br)s2)no1. The second kappa shape index (κ2) is 6.67. The standard InChI is InChI=1S/C12H10BrNO5S/c1-7-4-11(14-19-7)17-6-12(16)18-5-8(15)9-2-3-10(13)20-9/h2-4H,5-6H2,1H3. The lowest BCUT2D eigenvalue weighted by Crippen LogP contribution is -2.19. The first-order chi connectivity index (χ1) is 9.54. The van der Waals surface area contributed by atoms with Gasteiger partial charge >= 0.3 is 5.97 Å². The van der Waals surface area contributed by atoms with Crippen LogP contribution < -0.4 is 4.74 Å². The Labute approximate surface area is 126 Å². The molecule has 2 heterocycles. The van der Waals surface area contributed by atoms with Crippen molar-refractivity contribution in [2.75, 3.05) is 13.2 Å². The van der Waals surface area contributed by atoms with Gasteiger partial charge in [0.15, 0.2) is 13.2 Å². The van der Waals surface area contributed by atoms with Gasteiger partial charge < -0.3 is 14.0 Å². The fraction of sp³-hybridized carbons (Fsp3) is 0.250. The van der Waals surface area contributed by atoms with Gasteiger partial charge in [-0.25, -0.2) is 4.79 Å². The van der Waals surface area contributed by atoms with Crippen molar-refractivity contribution in [2.45, 2.75) is 6.92 Å². The monoisotopic (exact) mass is 359 g/mol. The van der Waals surface area contributed by atoms with E-state index in [0.29, 0.717) is 10.6 Å². The van der Waals surface area contributed by atoms with Crippen LogP contribution in [0.15, 0.2) is 26.5 Å². The number of hydrogen-bond acceptors (Lipinski definition) is 7. The van der Waals surface area contributed by atoms with Crippen LogP contribution in [-0.2, 0) is 9.53 Å². The Hall–Kier alpha value is -1.67. The smallest absolute Gasteiger partial charge is 0.344 e. The summed E-state index contributed by atoms with van der Waals surface area (Å²) in [6, 6.07) is 4.97. The molecule has 8 heteroatoms. The summed E-state index contributed by atoms with van der Waals surface area (Å²) in [6.07, 6.45) is 0. The fourth-order valence-electron chi connectivity index (χ4n) is 1.27. The highest BCUT2D eigenvalue weighted by Gasteiger charge is 2.13. The Morgan fingerprint density at radius 2 is 2.20 bits per heavy atom. The lowest BCUT2D eigenvalue weighted by molar-refractivity contribution is -0.144. The summed E-state index contributed by atoms with van der Waals surface area (Å²) in [5, 5.41) is 3.56. The first kappa shape index (κ1) is 14.7. The molecule has 6 nitrogen and oxygen atoms in total. The highest BCUT2D eigenvalue weighted by atomic mass is 79.9. The molecule has 2 aromatic heterocycles. The molecule has 0 saturated heterocycles. The number of carbonyl (C=O) groups excluding carboxylic acids is 2. The minimum absolute atomic E-state index is 0.202. The van der Waals surface area contributed by atoms with E-state index in [4.69, 9.17) is 14.0 Å². The van der Waals surface area contributed by atoms with Gasteiger partial charge in [-0.2, -0.15) is 0 Å². The van der Waals surface area contributed by atoms with E-state index in [1.165, 1.54) is 11.3 Å². The predicted molar refractivity (Wildman–Crippen MR) is 74.0 cm³/mol. The molecular weight excluding hydrogens is 350 g/mol. The zero-order chi connectivity index (χ0) is 14.5. The molecule has 0 saturated carbocycles. The van der Waals surface area contributed by atoms with Gasteiger partial charge in [0.05, 0.1) is 8.66 Å². The number of aryl methyl sites for hydroxylation is 1. The molecule has 0 aromatic carbocycles. The van der Waals surface area contributed by atoms with Crippen molar-refractivity contribution < 1.29 is 23.6 Å². The zero-order valence-electron chi connectivity index (χ0n) is 10.4. The quantitative estimate of drug-likeness (QED) is 0.582. The summed E-state index contributed by atoms with van der Waals surface area (Å²) in [5.41, 5.74) is 0. The minimum Gasteiger partial charge on any atom is -0.463 e. The van der Waals surface area contributed by atoms with Crippen molar-refractivity contribution in [1.29, 1.82) is 0 Å². The highest BCUT2D eigenvalue weighted by Crippen LogP contribution is 2.22. The summed E-state index contributed by atoms with van der Waals surface area (Å²) in [6.45, 7) is 1.07. The average Bonchev–Trinajstić information content (AvgIpc) is 3.02. The number of ketones is 1. The molecule has 0 aliphatic rings. The van der Waals surface area contributed by atoms with Gasteiger partial charge in [0.2, 0.25) is 5.78 Å². The van der Waals surface area contributed by atoms with Crippen LogP contribution >= 0.6 is 27.3 Å². The number of rotatable bonds is 6. The summed E-state index contributed by atoms with van der Waals surface area (Å²) in [7, 11) is 0. The van der Waals surface area contributed by atoms with Crippen LogP contribution in [0.1, 0.15) is 15.4 Å². The summed E-state index contributed by atoms with van der Waals surface area (Å²) in [4.78, 5) is 23.6. The lowest BCUT2D eigenvalue weighted by atomic mass is 10.3. The molecule has 20 heavy (non-hydrogen) atoms. The molecule has 0 amide bonds. The van der Waals surface area contributed by atoms with E-state index in [2.05, 4.69) is 21.1 Å². The molecule has 0 aliphatic heterocycles. The van der Waals surface area contributed by atoms with Gasteiger partial charge in [0, 0.05) is 6.07 Å². The third-order valence-corrected chi connectivity index (χ3v) is 3.82. The highest BCUT2D eigenvalue weighted by molar-refractivity contribution is 9.11. The number of halogens is 1. The zero-order valence-corrected chi connectivity index (χ0v) is 12.8. The molecule has 106 valence electrons. The number of carbonyl (C=O) groups is 2. The Morgan fingerprint density at radius 1 is 1.40 bits per heavy atom. The van der Waals surface area contributed by atoms with E-state index in [0.717, 1.165) is 3.79 Å². The van der Waals surface area contributed by atoms with Crippen LogP contribution in [0, 0.1) is 6.92 Å². The fourth-order valence-corrected chi connectivity index (χ4v) is 2.58. The molecule has 0 atom stereocenters. The Kier molecular flexibility index (Phi) is 4.91. The maximum atomic E-state index is 11.7. The maximum Gasteiger partial charge on any atom is 0.344 e. The van der Waals surface area contributed by atoms with Crippen molar-refractivity contribution in [3.05, 3.63) is 32.6 Å². The molecule has 0 unspecified atom stereocenters. The van der Waals surface area contributed by atoms with Crippen LogP contribution in [0.5, 0.6) is 5.88 Å². The summed E-state index contributed by atoms with van der Waals surface area (Å²) in [5.74, 6) is -0.124. The molecule has 0 fully saturated rings. The van der Waals surface area contributed by atoms with Crippen molar-refractivity contribution in [1.82, 2.24) is 5.16 Å². The number of hydrogen-bond donors (Lipinski definition) is 0. The van der Waals surface area contributed by atoms with Gasteiger partial charge in [0.25, 0.3) is 5.88 Å². The number of thiophene rings is 1. The number of esters is 1. The average molecular weight is 360 g/mol. The molecule has 0 spiro atoms. The van der Waals surface area contributed by atoms with E-state index >= 15 is 0 Å². The third-order valence-electron chi connectivity index (χ3n) is 2.16. The van der Waals surface area contributed by atoms with Gasteiger partial charge in [0.1, 0.15) is 5.76 Å². The Bertz CT molecular complexity index is 621. The predicted octanol–water partition coefficient (Wildman–Crippen LogP) is 2.61. The van der Waals surface area contributed by atoms with Gasteiger partial charge in [-0.1, -0.05) is 0 Å². The van der Waals surface area contributed by atoms with E-state index in [9.17, 15) is 9.59 Å². The Balaban J connectivity index is 1.73. The van der Waals surface area contributed by atoms with Crippen LogP contribution in [0.2, 0.25) is 0 Å².